The quantitative estimate of drug-likeness (QED) is 0.723. The first-order valence-corrected chi connectivity index (χ1v) is 7.68. The van der Waals surface area contributed by atoms with Crippen LogP contribution in [0.25, 0.3) is 5.69 Å². The second-order valence-electron chi connectivity index (χ2n) is 5.58. The largest absolute Gasteiger partial charge is 0.352 e. The van der Waals surface area contributed by atoms with Crippen molar-refractivity contribution in [2.24, 2.45) is 0 Å². The maximum atomic E-state index is 13.1. The van der Waals surface area contributed by atoms with Crippen LogP contribution in [0.2, 0.25) is 0 Å². The van der Waals surface area contributed by atoms with Crippen molar-refractivity contribution in [1.82, 2.24) is 4.57 Å². The van der Waals surface area contributed by atoms with Crippen molar-refractivity contribution in [3.8, 4) is 5.69 Å². The fourth-order valence-electron chi connectivity index (χ4n) is 2.96. The lowest BCUT2D eigenvalue weighted by Gasteiger charge is -2.24. The smallest absolute Gasteiger partial charge is 0.158 e. The molecule has 116 valence electrons. The van der Waals surface area contributed by atoms with E-state index in [1.807, 2.05) is 24.4 Å². The van der Waals surface area contributed by atoms with Crippen LogP contribution in [0.1, 0.15) is 11.8 Å². The van der Waals surface area contributed by atoms with Gasteiger partial charge in [-0.25, -0.2) is 4.39 Å². The minimum absolute atomic E-state index is 0.134. The Balaban J connectivity index is 1.62. The Hall–Kier alpha value is -2.59. The first-order valence-electron chi connectivity index (χ1n) is 7.68. The van der Waals surface area contributed by atoms with Gasteiger partial charge in [0.1, 0.15) is 5.82 Å². The number of benzene rings is 2. The average Bonchev–Trinajstić information content (AvgIpc) is 3.25. The zero-order chi connectivity index (χ0) is 15.6. The number of halogens is 1. The standard InChI is InChI=1S/C19H17FN2O/c20-16-6-8-18(9-7-16)22-12-13-23-19(22)15-10-11-21(14-15)17-4-2-1-3-5-17/h1-11,14,19H,12-13H2/t19-/m0/s1. The number of rotatable bonds is 3. The molecular weight excluding hydrogens is 291 g/mol. The van der Waals surface area contributed by atoms with Crippen LogP contribution in [-0.2, 0) is 4.74 Å². The highest BCUT2D eigenvalue weighted by Crippen LogP contribution is 2.32. The van der Waals surface area contributed by atoms with Gasteiger partial charge in [-0.15, -0.1) is 0 Å². The summed E-state index contributed by atoms with van der Waals surface area (Å²) in [7, 11) is 0. The van der Waals surface area contributed by atoms with Crippen molar-refractivity contribution < 1.29 is 9.13 Å². The van der Waals surface area contributed by atoms with Gasteiger partial charge in [0.15, 0.2) is 6.23 Å². The van der Waals surface area contributed by atoms with E-state index in [1.165, 1.54) is 12.1 Å². The molecule has 23 heavy (non-hydrogen) atoms. The van der Waals surface area contributed by atoms with E-state index < -0.39 is 0 Å². The Bertz CT molecular complexity index is 783. The first-order chi connectivity index (χ1) is 11.3. The Morgan fingerprint density at radius 1 is 0.913 bits per heavy atom. The first kappa shape index (κ1) is 14.0. The second kappa shape index (κ2) is 5.89. The molecular formula is C19H17FN2O. The highest BCUT2D eigenvalue weighted by atomic mass is 19.1. The molecule has 4 rings (SSSR count). The fraction of sp³-hybridized carbons (Fsp3) is 0.158. The minimum Gasteiger partial charge on any atom is -0.352 e. The van der Waals surface area contributed by atoms with Crippen LogP contribution in [0.5, 0.6) is 0 Å². The summed E-state index contributed by atoms with van der Waals surface area (Å²) in [6.07, 6.45) is 3.99. The number of anilines is 1. The molecule has 0 aliphatic carbocycles. The number of hydrogen-bond acceptors (Lipinski definition) is 2. The molecule has 1 atom stereocenters. The minimum atomic E-state index is -0.222. The van der Waals surface area contributed by atoms with E-state index in [0.717, 1.165) is 23.5 Å². The Labute approximate surface area is 134 Å². The molecule has 2 heterocycles. The van der Waals surface area contributed by atoms with Gasteiger partial charge in [0.2, 0.25) is 0 Å². The molecule has 1 fully saturated rings. The molecule has 0 bridgehead atoms. The van der Waals surface area contributed by atoms with Gasteiger partial charge in [-0.1, -0.05) is 18.2 Å². The number of para-hydroxylation sites is 1. The molecule has 3 nitrogen and oxygen atoms in total. The van der Waals surface area contributed by atoms with Gasteiger partial charge in [0.25, 0.3) is 0 Å². The zero-order valence-electron chi connectivity index (χ0n) is 12.6. The van der Waals surface area contributed by atoms with Crippen molar-refractivity contribution in [2.45, 2.75) is 6.23 Å². The maximum absolute atomic E-state index is 13.1. The number of hydrogen-bond donors (Lipinski definition) is 0. The average molecular weight is 308 g/mol. The van der Waals surface area contributed by atoms with Crippen LogP contribution in [0.3, 0.4) is 0 Å². The van der Waals surface area contributed by atoms with Crippen molar-refractivity contribution in [2.75, 3.05) is 18.1 Å². The predicted molar refractivity (Wildman–Crippen MR) is 88.2 cm³/mol. The normalized spacial score (nSPS) is 17.6. The number of ether oxygens (including phenoxy) is 1. The highest BCUT2D eigenvalue weighted by Gasteiger charge is 2.27. The summed E-state index contributed by atoms with van der Waals surface area (Å²) in [5, 5.41) is 0. The zero-order valence-corrected chi connectivity index (χ0v) is 12.6. The van der Waals surface area contributed by atoms with E-state index in [9.17, 15) is 4.39 Å². The van der Waals surface area contributed by atoms with E-state index in [4.69, 9.17) is 4.74 Å². The fourth-order valence-corrected chi connectivity index (χ4v) is 2.96. The summed E-state index contributed by atoms with van der Waals surface area (Å²) in [6, 6.07) is 18.8. The number of nitrogens with zero attached hydrogens (tertiary/aromatic N) is 2. The van der Waals surface area contributed by atoms with Crippen LogP contribution in [0, 0.1) is 5.82 Å². The molecule has 2 aromatic carbocycles. The molecule has 0 amide bonds. The van der Waals surface area contributed by atoms with E-state index in [2.05, 4.69) is 33.9 Å². The van der Waals surface area contributed by atoms with Gasteiger partial charge in [-0.05, 0) is 42.5 Å². The van der Waals surface area contributed by atoms with Crippen molar-refractivity contribution in [3.05, 3.63) is 84.4 Å². The third-order valence-corrected chi connectivity index (χ3v) is 4.10. The van der Waals surface area contributed by atoms with Gasteiger partial charge in [0, 0.05) is 35.9 Å². The lowest BCUT2D eigenvalue weighted by molar-refractivity contribution is 0.114. The molecule has 0 saturated carbocycles. The summed E-state index contributed by atoms with van der Waals surface area (Å²) in [6.45, 7) is 1.46. The van der Waals surface area contributed by atoms with Gasteiger partial charge in [0.05, 0.1) is 6.61 Å². The van der Waals surface area contributed by atoms with E-state index in [-0.39, 0.29) is 12.0 Å². The van der Waals surface area contributed by atoms with E-state index in [1.54, 1.807) is 12.1 Å². The van der Waals surface area contributed by atoms with Crippen molar-refractivity contribution in [3.63, 3.8) is 0 Å². The SMILES string of the molecule is Fc1ccc(N2CCO[C@H]2c2ccn(-c3ccccc3)c2)cc1. The predicted octanol–water partition coefficient (Wildman–Crippen LogP) is 4.15. The van der Waals surface area contributed by atoms with Crippen LogP contribution in [-0.4, -0.2) is 17.7 Å². The van der Waals surface area contributed by atoms with E-state index >= 15 is 0 Å². The molecule has 3 aromatic rings. The van der Waals surface area contributed by atoms with Crippen LogP contribution < -0.4 is 4.90 Å². The lowest BCUT2D eigenvalue weighted by atomic mass is 10.2. The molecule has 1 aromatic heterocycles. The third kappa shape index (κ3) is 2.73. The summed E-state index contributed by atoms with van der Waals surface area (Å²) in [5.74, 6) is -0.222. The monoisotopic (exact) mass is 308 g/mol. The number of aromatic nitrogens is 1. The van der Waals surface area contributed by atoms with Gasteiger partial charge in [-0.3, -0.25) is 0 Å². The van der Waals surface area contributed by atoms with Gasteiger partial charge < -0.3 is 14.2 Å². The molecule has 1 aliphatic rings. The third-order valence-electron chi connectivity index (χ3n) is 4.10. The Kier molecular flexibility index (Phi) is 3.60. The van der Waals surface area contributed by atoms with Crippen LogP contribution >= 0.6 is 0 Å². The van der Waals surface area contributed by atoms with Gasteiger partial charge in [-0.2, -0.15) is 0 Å². The van der Waals surface area contributed by atoms with Crippen LogP contribution in [0.15, 0.2) is 73.1 Å². The molecule has 1 aliphatic heterocycles. The summed E-state index contributed by atoms with van der Waals surface area (Å²) < 4.78 is 21.1. The summed E-state index contributed by atoms with van der Waals surface area (Å²) >= 11 is 0. The van der Waals surface area contributed by atoms with Crippen LogP contribution in [0.4, 0.5) is 10.1 Å². The second-order valence-corrected chi connectivity index (χ2v) is 5.58. The summed E-state index contributed by atoms with van der Waals surface area (Å²) in [4.78, 5) is 2.16. The molecule has 0 N–H and O–H groups in total. The molecule has 1 saturated heterocycles. The van der Waals surface area contributed by atoms with E-state index in [0.29, 0.717) is 6.61 Å². The Morgan fingerprint density at radius 3 is 2.48 bits per heavy atom. The van der Waals surface area contributed by atoms with Crippen molar-refractivity contribution in [1.29, 1.82) is 0 Å². The molecule has 4 heteroatoms. The highest BCUT2D eigenvalue weighted by molar-refractivity contribution is 5.49. The van der Waals surface area contributed by atoms with Crippen molar-refractivity contribution >= 4 is 5.69 Å². The molecule has 0 spiro atoms. The summed E-state index contributed by atoms with van der Waals surface area (Å²) in [5.41, 5.74) is 3.18. The topological polar surface area (TPSA) is 17.4 Å². The van der Waals surface area contributed by atoms with Gasteiger partial charge >= 0.3 is 0 Å². The lowest BCUT2D eigenvalue weighted by Crippen LogP contribution is -2.22. The Morgan fingerprint density at radius 2 is 1.70 bits per heavy atom. The maximum Gasteiger partial charge on any atom is 0.158 e. The molecule has 0 radical (unpaired) electrons. The molecule has 0 unspecified atom stereocenters.